The number of carbonyl (C=O) groups is 1. The van der Waals surface area contributed by atoms with Crippen LogP contribution in [0.5, 0.6) is 0 Å². The van der Waals surface area contributed by atoms with Gasteiger partial charge in [0.25, 0.3) is 0 Å². The maximum absolute atomic E-state index is 12.7. The van der Waals surface area contributed by atoms with Gasteiger partial charge in [-0.3, -0.25) is 4.79 Å². The number of anilines is 1. The Hall–Kier alpha value is -1.61. The van der Waals surface area contributed by atoms with Gasteiger partial charge in [0.1, 0.15) is 0 Å². The van der Waals surface area contributed by atoms with Crippen LogP contribution in [-0.2, 0) is 4.79 Å². The van der Waals surface area contributed by atoms with Crippen LogP contribution in [0, 0.1) is 5.92 Å². The van der Waals surface area contributed by atoms with Crippen LogP contribution in [0.3, 0.4) is 0 Å². The third-order valence-corrected chi connectivity index (χ3v) is 5.21. The van der Waals surface area contributed by atoms with E-state index in [1.54, 1.807) is 11.3 Å². The molecule has 21 heavy (non-hydrogen) atoms. The lowest BCUT2D eigenvalue weighted by Gasteiger charge is -2.23. The SMILES string of the molecule is CCN(C(=O)C1CCCC1)c1csc(-c2ccccc2)c1. The molecule has 0 atom stereocenters. The molecule has 2 nitrogen and oxygen atoms in total. The lowest BCUT2D eigenvalue weighted by atomic mass is 10.1. The van der Waals surface area contributed by atoms with Gasteiger partial charge in [-0.15, -0.1) is 11.3 Å². The molecule has 1 amide bonds. The first-order valence-corrected chi connectivity index (χ1v) is 8.63. The third kappa shape index (κ3) is 3.03. The van der Waals surface area contributed by atoms with Crippen molar-refractivity contribution in [3.63, 3.8) is 0 Å². The fourth-order valence-electron chi connectivity index (χ4n) is 3.08. The van der Waals surface area contributed by atoms with E-state index < -0.39 is 0 Å². The topological polar surface area (TPSA) is 20.3 Å². The summed E-state index contributed by atoms with van der Waals surface area (Å²) in [6, 6.07) is 12.5. The predicted molar refractivity (Wildman–Crippen MR) is 89.7 cm³/mol. The Kier molecular flexibility index (Phi) is 4.39. The summed E-state index contributed by atoms with van der Waals surface area (Å²) < 4.78 is 0. The highest BCUT2D eigenvalue weighted by Crippen LogP contribution is 2.34. The van der Waals surface area contributed by atoms with Crippen LogP contribution in [0.2, 0.25) is 0 Å². The molecule has 0 bridgehead atoms. The second kappa shape index (κ2) is 6.44. The van der Waals surface area contributed by atoms with Crippen molar-refractivity contribution in [3.8, 4) is 10.4 Å². The van der Waals surface area contributed by atoms with Crippen LogP contribution in [-0.4, -0.2) is 12.5 Å². The van der Waals surface area contributed by atoms with E-state index in [0.717, 1.165) is 25.1 Å². The molecule has 2 aromatic rings. The van der Waals surface area contributed by atoms with Crippen molar-refractivity contribution in [2.24, 2.45) is 5.92 Å². The number of benzene rings is 1. The van der Waals surface area contributed by atoms with E-state index in [0.29, 0.717) is 5.91 Å². The predicted octanol–water partition coefficient (Wildman–Crippen LogP) is 4.96. The molecule has 0 N–H and O–H groups in total. The van der Waals surface area contributed by atoms with Crippen LogP contribution >= 0.6 is 11.3 Å². The maximum atomic E-state index is 12.7. The lowest BCUT2D eigenvalue weighted by Crippen LogP contribution is -2.34. The second-order valence-corrected chi connectivity index (χ2v) is 6.51. The Bertz CT molecular complexity index is 599. The van der Waals surface area contributed by atoms with Gasteiger partial charge in [-0.2, -0.15) is 0 Å². The first-order chi connectivity index (χ1) is 10.3. The van der Waals surface area contributed by atoms with E-state index in [2.05, 4.69) is 42.6 Å². The Balaban J connectivity index is 1.81. The molecule has 1 fully saturated rings. The van der Waals surface area contributed by atoms with Crippen molar-refractivity contribution in [3.05, 3.63) is 41.8 Å². The standard InChI is InChI=1S/C18H21NOS/c1-2-19(18(20)15-10-6-7-11-15)16-12-17(21-13-16)14-8-4-3-5-9-14/h3-5,8-9,12-13,15H,2,6-7,10-11H2,1H3. The van der Waals surface area contributed by atoms with Gasteiger partial charge < -0.3 is 4.90 Å². The van der Waals surface area contributed by atoms with E-state index in [1.165, 1.54) is 23.3 Å². The highest BCUT2D eigenvalue weighted by molar-refractivity contribution is 7.14. The van der Waals surface area contributed by atoms with Gasteiger partial charge >= 0.3 is 0 Å². The van der Waals surface area contributed by atoms with Gasteiger partial charge in [0.2, 0.25) is 5.91 Å². The largest absolute Gasteiger partial charge is 0.312 e. The summed E-state index contributed by atoms with van der Waals surface area (Å²) in [5.74, 6) is 0.553. The van der Waals surface area contributed by atoms with Gasteiger partial charge in [-0.1, -0.05) is 43.2 Å². The summed E-state index contributed by atoms with van der Waals surface area (Å²) in [4.78, 5) is 15.8. The summed E-state index contributed by atoms with van der Waals surface area (Å²) in [6.45, 7) is 2.81. The molecule has 110 valence electrons. The van der Waals surface area contributed by atoms with E-state index in [-0.39, 0.29) is 5.92 Å². The van der Waals surface area contributed by atoms with Crippen LogP contribution in [0.4, 0.5) is 5.69 Å². The minimum Gasteiger partial charge on any atom is -0.312 e. The molecule has 1 saturated carbocycles. The molecule has 3 rings (SSSR count). The third-order valence-electron chi connectivity index (χ3n) is 4.24. The van der Waals surface area contributed by atoms with Gasteiger partial charge in [0, 0.05) is 22.7 Å². The lowest BCUT2D eigenvalue weighted by molar-refractivity contribution is -0.122. The molecule has 0 saturated heterocycles. The Morgan fingerprint density at radius 3 is 2.62 bits per heavy atom. The van der Waals surface area contributed by atoms with Crippen LogP contribution in [0.1, 0.15) is 32.6 Å². The molecule has 0 aliphatic heterocycles. The molecule has 0 unspecified atom stereocenters. The molecule has 1 aliphatic rings. The van der Waals surface area contributed by atoms with Gasteiger partial charge in [0.05, 0.1) is 5.69 Å². The van der Waals surface area contributed by atoms with E-state index in [1.807, 2.05) is 11.0 Å². The zero-order chi connectivity index (χ0) is 14.7. The molecule has 1 heterocycles. The van der Waals surface area contributed by atoms with Crippen molar-refractivity contribution in [1.82, 2.24) is 0 Å². The summed E-state index contributed by atoms with van der Waals surface area (Å²) in [6.07, 6.45) is 4.52. The summed E-state index contributed by atoms with van der Waals surface area (Å²) in [5.41, 5.74) is 2.27. The van der Waals surface area contributed by atoms with E-state index in [9.17, 15) is 4.79 Å². The summed E-state index contributed by atoms with van der Waals surface area (Å²) >= 11 is 1.71. The quantitative estimate of drug-likeness (QED) is 0.781. The molecular weight excluding hydrogens is 278 g/mol. The second-order valence-electron chi connectivity index (χ2n) is 5.60. The number of amides is 1. The van der Waals surface area contributed by atoms with E-state index in [4.69, 9.17) is 0 Å². The normalized spacial score (nSPS) is 15.3. The Morgan fingerprint density at radius 2 is 1.95 bits per heavy atom. The number of thiophene rings is 1. The number of hydrogen-bond acceptors (Lipinski definition) is 2. The molecule has 3 heteroatoms. The number of nitrogens with zero attached hydrogens (tertiary/aromatic N) is 1. The van der Waals surface area contributed by atoms with Crippen molar-refractivity contribution < 1.29 is 4.79 Å². The zero-order valence-corrected chi connectivity index (χ0v) is 13.2. The molecule has 1 aromatic heterocycles. The molecule has 0 radical (unpaired) electrons. The zero-order valence-electron chi connectivity index (χ0n) is 12.4. The summed E-state index contributed by atoms with van der Waals surface area (Å²) in [5, 5.41) is 2.11. The number of rotatable bonds is 4. The van der Waals surface area contributed by atoms with Gasteiger partial charge in [-0.25, -0.2) is 0 Å². The van der Waals surface area contributed by atoms with Crippen LogP contribution in [0.15, 0.2) is 41.8 Å². The fourth-order valence-corrected chi connectivity index (χ4v) is 3.98. The maximum Gasteiger partial charge on any atom is 0.230 e. The van der Waals surface area contributed by atoms with Gasteiger partial charge in [0.15, 0.2) is 0 Å². The number of carbonyl (C=O) groups excluding carboxylic acids is 1. The van der Waals surface area contributed by atoms with Crippen LogP contribution < -0.4 is 4.90 Å². The highest BCUT2D eigenvalue weighted by atomic mass is 32.1. The van der Waals surface area contributed by atoms with Crippen molar-refractivity contribution in [1.29, 1.82) is 0 Å². The van der Waals surface area contributed by atoms with Crippen LogP contribution in [0.25, 0.3) is 10.4 Å². The minimum absolute atomic E-state index is 0.241. The number of hydrogen-bond donors (Lipinski definition) is 0. The van der Waals surface area contributed by atoms with E-state index >= 15 is 0 Å². The smallest absolute Gasteiger partial charge is 0.230 e. The van der Waals surface area contributed by atoms with Crippen molar-refractivity contribution in [2.45, 2.75) is 32.6 Å². The van der Waals surface area contributed by atoms with Crippen molar-refractivity contribution >= 4 is 22.9 Å². The Labute approximate surface area is 130 Å². The Morgan fingerprint density at radius 1 is 1.24 bits per heavy atom. The van der Waals surface area contributed by atoms with Gasteiger partial charge in [-0.05, 0) is 31.4 Å². The average molecular weight is 299 g/mol. The fraction of sp³-hybridized carbons (Fsp3) is 0.389. The first-order valence-electron chi connectivity index (χ1n) is 7.75. The molecular formula is C18H21NOS. The summed E-state index contributed by atoms with van der Waals surface area (Å²) in [7, 11) is 0. The first kappa shape index (κ1) is 14.3. The molecule has 1 aromatic carbocycles. The average Bonchev–Trinajstić information content (AvgIpc) is 3.21. The monoisotopic (exact) mass is 299 g/mol. The minimum atomic E-state index is 0.241. The van der Waals surface area contributed by atoms with Crippen molar-refractivity contribution in [2.75, 3.05) is 11.4 Å². The molecule has 1 aliphatic carbocycles. The molecule has 0 spiro atoms. The highest BCUT2D eigenvalue weighted by Gasteiger charge is 2.27.